The van der Waals surface area contributed by atoms with Crippen molar-refractivity contribution in [3.8, 4) is 5.75 Å². The van der Waals surface area contributed by atoms with Gasteiger partial charge in [-0.1, -0.05) is 12.1 Å². The molecular formula is C13H16N2O3. The zero-order valence-electron chi connectivity index (χ0n) is 10.4. The maximum Gasteiger partial charge on any atom is 0.327 e. The quantitative estimate of drug-likeness (QED) is 0.875. The highest BCUT2D eigenvalue weighted by Gasteiger charge is 2.10. The average Bonchev–Trinajstić information content (AvgIpc) is 2.71. The highest BCUT2D eigenvalue weighted by molar-refractivity contribution is 5.28. The fraction of sp³-hybridized carbons (Fsp3) is 0.308. The molecule has 1 heterocycles. The zero-order valence-corrected chi connectivity index (χ0v) is 10.4. The molecule has 0 aliphatic rings. The maximum absolute atomic E-state index is 11.6. The molecule has 0 aliphatic heterocycles. The van der Waals surface area contributed by atoms with E-state index < -0.39 is 6.10 Å². The fourth-order valence-electron chi connectivity index (χ4n) is 1.77. The van der Waals surface area contributed by atoms with Crippen molar-refractivity contribution in [3.63, 3.8) is 0 Å². The summed E-state index contributed by atoms with van der Waals surface area (Å²) in [5, 5.41) is 10.1. The predicted molar refractivity (Wildman–Crippen MR) is 67.6 cm³/mol. The number of hydrogen-bond acceptors (Lipinski definition) is 3. The molecule has 0 aliphatic carbocycles. The highest BCUT2D eigenvalue weighted by atomic mass is 16.5. The van der Waals surface area contributed by atoms with Crippen molar-refractivity contribution in [1.82, 2.24) is 9.13 Å². The van der Waals surface area contributed by atoms with Gasteiger partial charge in [0.15, 0.2) is 0 Å². The van der Waals surface area contributed by atoms with Gasteiger partial charge in [-0.25, -0.2) is 4.79 Å². The predicted octanol–water partition coefficient (Wildman–Crippen LogP) is 0.929. The molecule has 0 saturated heterocycles. The van der Waals surface area contributed by atoms with Gasteiger partial charge < -0.3 is 14.4 Å². The van der Waals surface area contributed by atoms with Crippen LogP contribution < -0.4 is 10.4 Å². The summed E-state index contributed by atoms with van der Waals surface area (Å²) in [6.07, 6.45) is 2.62. The van der Waals surface area contributed by atoms with Crippen LogP contribution in [0.4, 0.5) is 0 Å². The Kier molecular flexibility index (Phi) is 3.53. The first-order valence-electron chi connectivity index (χ1n) is 5.65. The number of benzene rings is 1. The second-order valence-electron chi connectivity index (χ2n) is 4.13. The van der Waals surface area contributed by atoms with E-state index in [1.54, 1.807) is 50.8 Å². The smallest absolute Gasteiger partial charge is 0.327 e. The Balaban J connectivity index is 2.14. The molecule has 1 atom stereocenters. The molecule has 0 radical (unpaired) electrons. The third-order valence-corrected chi connectivity index (χ3v) is 2.89. The van der Waals surface area contributed by atoms with Crippen molar-refractivity contribution in [1.29, 1.82) is 0 Å². The topological polar surface area (TPSA) is 56.4 Å². The molecule has 1 N–H and O–H groups in total. The van der Waals surface area contributed by atoms with E-state index in [0.29, 0.717) is 0 Å². The first-order chi connectivity index (χ1) is 8.61. The molecule has 0 bridgehead atoms. The van der Waals surface area contributed by atoms with E-state index in [-0.39, 0.29) is 12.2 Å². The molecule has 0 fully saturated rings. The molecule has 2 aromatic rings. The Morgan fingerprint density at radius 2 is 1.94 bits per heavy atom. The second-order valence-corrected chi connectivity index (χ2v) is 4.13. The highest BCUT2D eigenvalue weighted by Crippen LogP contribution is 2.18. The van der Waals surface area contributed by atoms with Crippen LogP contribution in [-0.4, -0.2) is 21.4 Å². The van der Waals surface area contributed by atoms with Gasteiger partial charge in [0, 0.05) is 19.4 Å². The van der Waals surface area contributed by atoms with Gasteiger partial charge in [0.2, 0.25) is 0 Å². The summed E-state index contributed by atoms with van der Waals surface area (Å²) in [6.45, 7) is 0.242. The summed E-state index contributed by atoms with van der Waals surface area (Å²) in [6, 6.07) is 7.15. The minimum Gasteiger partial charge on any atom is -0.497 e. The number of hydrogen-bond donors (Lipinski definition) is 1. The molecule has 5 nitrogen and oxygen atoms in total. The van der Waals surface area contributed by atoms with Crippen LogP contribution in [0.2, 0.25) is 0 Å². The number of methoxy groups -OCH3 is 1. The number of aliphatic hydroxyl groups is 1. The van der Waals surface area contributed by atoms with E-state index in [1.165, 1.54) is 9.13 Å². The molecule has 18 heavy (non-hydrogen) atoms. The average molecular weight is 248 g/mol. The summed E-state index contributed by atoms with van der Waals surface area (Å²) >= 11 is 0. The Bertz CT molecular complexity index is 569. The zero-order chi connectivity index (χ0) is 13.1. The van der Waals surface area contributed by atoms with Gasteiger partial charge in [-0.3, -0.25) is 4.57 Å². The van der Waals surface area contributed by atoms with Crippen LogP contribution in [0.5, 0.6) is 5.75 Å². The maximum atomic E-state index is 11.6. The van der Waals surface area contributed by atoms with Crippen LogP contribution in [0.15, 0.2) is 41.5 Å². The molecule has 1 unspecified atom stereocenters. The second kappa shape index (κ2) is 5.10. The van der Waals surface area contributed by atoms with Crippen molar-refractivity contribution >= 4 is 0 Å². The summed E-state index contributed by atoms with van der Waals surface area (Å²) in [5.41, 5.74) is 0.620. The minimum absolute atomic E-state index is 0.137. The minimum atomic E-state index is -0.712. The molecule has 0 saturated carbocycles. The monoisotopic (exact) mass is 248 g/mol. The van der Waals surface area contributed by atoms with E-state index in [2.05, 4.69) is 0 Å². The van der Waals surface area contributed by atoms with Crippen molar-refractivity contribution in [2.45, 2.75) is 12.6 Å². The number of nitrogens with zero attached hydrogens (tertiary/aromatic N) is 2. The van der Waals surface area contributed by atoms with Gasteiger partial charge in [0.05, 0.1) is 19.8 Å². The molecule has 1 aromatic carbocycles. The largest absolute Gasteiger partial charge is 0.497 e. The lowest BCUT2D eigenvalue weighted by molar-refractivity contribution is 0.155. The summed E-state index contributed by atoms with van der Waals surface area (Å²) in [4.78, 5) is 11.6. The summed E-state index contributed by atoms with van der Waals surface area (Å²) in [5.74, 6) is 0.739. The van der Waals surface area contributed by atoms with Crippen molar-refractivity contribution in [2.75, 3.05) is 7.11 Å². The number of aryl methyl sites for hydroxylation is 1. The Labute approximate surface area is 105 Å². The molecular weight excluding hydrogens is 232 g/mol. The van der Waals surface area contributed by atoms with Crippen LogP contribution in [0.3, 0.4) is 0 Å². The van der Waals surface area contributed by atoms with Gasteiger partial charge in [0.25, 0.3) is 0 Å². The van der Waals surface area contributed by atoms with Crippen molar-refractivity contribution in [2.24, 2.45) is 7.05 Å². The van der Waals surface area contributed by atoms with Crippen LogP contribution in [0, 0.1) is 0 Å². The standard InChI is InChI=1S/C13H16N2O3/c1-14-7-8-15(13(14)17)9-12(16)10-3-5-11(18-2)6-4-10/h3-8,12,16H,9H2,1-2H3. The third-order valence-electron chi connectivity index (χ3n) is 2.89. The Morgan fingerprint density at radius 3 is 2.44 bits per heavy atom. The van der Waals surface area contributed by atoms with E-state index in [9.17, 15) is 9.90 Å². The van der Waals surface area contributed by atoms with Crippen molar-refractivity contribution < 1.29 is 9.84 Å². The fourth-order valence-corrected chi connectivity index (χ4v) is 1.77. The lowest BCUT2D eigenvalue weighted by Gasteiger charge is -2.11. The van der Waals surface area contributed by atoms with E-state index in [0.717, 1.165) is 11.3 Å². The van der Waals surface area contributed by atoms with Gasteiger partial charge in [-0.15, -0.1) is 0 Å². The van der Waals surface area contributed by atoms with Crippen LogP contribution in [0.25, 0.3) is 0 Å². The first kappa shape index (κ1) is 12.4. The number of ether oxygens (including phenoxy) is 1. The van der Waals surface area contributed by atoms with Crippen LogP contribution in [0.1, 0.15) is 11.7 Å². The molecule has 0 spiro atoms. The van der Waals surface area contributed by atoms with E-state index in [1.807, 2.05) is 0 Å². The van der Waals surface area contributed by atoms with Gasteiger partial charge >= 0.3 is 5.69 Å². The Hall–Kier alpha value is -2.01. The number of imidazole rings is 1. The van der Waals surface area contributed by atoms with Gasteiger partial charge in [0.1, 0.15) is 5.75 Å². The molecule has 0 amide bonds. The first-order valence-corrected chi connectivity index (χ1v) is 5.65. The van der Waals surface area contributed by atoms with Crippen molar-refractivity contribution in [3.05, 3.63) is 52.7 Å². The molecule has 2 rings (SSSR count). The number of aliphatic hydroxyl groups excluding tert-OH is 1. The summed E-state index contributed by atoms with van der Waals surface area (Å²) in [7, 11) is 3.27. The molecule has 5 heteroatoms. The third kappa shape index (κ3) is 2.46. The van der Waals surface area contributed by atoms with Gasteiger partial charge in [-0.2, -0.15) is 0 Å². The molecule has 1 aromatic heterocycles. The lowest BCUT2D eigenvalue weighted by Crippen LogP contribution is -2.24. The van der Waals surface area contributed by atoms with E-state index in [4.69, 9.17) is 4.74 Å². The van der Waals surface area contributed by atoms with E-state index >= 15 is 0 Å². The normalized spacial score (nSPS) is 12.4. The van der Waals surface area contributed by atoms with Crippen LogP contribution >= 0.6 is 0 Å². The van der Waals surface area contributed by atoms with Gasteiger partial charge in [-0.05, 0) is 17.7 Å². The number of rotatable bonds is 4. The SMILES string of the molecule is COc1ccc(C(O)Cn2ccn(C)c2=O)cc1. The lowest BCUT2D eigenvalue weighted by atomic mass is 10.1. The molecule has 96 valence electrons. The van der Waals surface area contributed by atoms with Crippen LogP contribution in [-0.2, 0) is 13.6 Å². The number of aromatic nitrogens is 2. The Morgan fingerprint density at radius 1 is 1.28 bits per heavy atom. The summed E-state index contributed by atoms with van der Waals surface area (Å²) < 4.78 is 8.00.